The number of aromatic nitrogens is 4. The van der Waals surface area contributed by atoms with Crippen LogP contribution in [0.3, 0.4) is 0 Å². The number of benzene rings is 2. The minimum Gasteiger partial charge on any atom is -0.510 e. The maximum atomic E-state index is 13.4. The highest BCUT2D eigenvalue weighted by Gasteiger charge is 2.18. The number of aliphatic hydroxyl groups excluding tert-OH is 1. The third-order valence-corrected chi connectivity index (χ3v) is 7.28. The Hall–Kier alpha value is -3.87. The number of aliphatic hydroxyl groups is 1. The Balaban J connectivity index is 1.50. The second kappa shape index (κ2) is 9.17. The van der Waals surface area contributed by atoms with E-state index in [2.05, 4.69) is 9.97 Å². The number of hydrogen-bond donors (Lipinski definition) is 2. The summed E-state index contributed by atoms with van der Waals surface area (Å²) in [6, 6.07) is 19.2. The molecule has 5 rings (SSSR count). The second-order valence-electron chi connectivity index (χ2n) is 7.46. The number of nitriles is 1. The maximum absolute atomic E-state index is 13.4. The zero-order valence-corrected chi connectivity index (χ0v) is 19.8. The van der Waals surface area contributed by atoms with Gasteiger partial charge in [-0.05, 0) is 24.6 Å². The van der Waals surface area contributed by atoms with Crippen LogP contribution in [0, 0.1) is 11.3 Å². The normalized spacial score (nSPS) is 12.1. The van der Waals surface area contributed by atoms with E-state index in [0.717, 1.165) is 16.6 Å². The monoisotopic (exact) mass is 485 g/mol. The van der Waals surface area contributed by atoms with Crippen molar-refractivity contribution in [2.45, 2.75) is 18.6 Å². The lowest BCUT2D eigenvalue weighted by Crippen LogP contribution is -2.22. The molecule has 3 heterocycles. The van der Waals surface area contributed by atoms with E-state index in [9.17, 15) is 15.2 Å². The third kappa shape index (κ3) is 3.87. The first-order valence-electron chi connectivity index (χ1n) is 10.6. The highest BCUT2D eigenvalue weighted by Crippen LogP contribution is 2.32. The number of para-hydroxylation sites is 2. The van der Waals surface area contributed by atoms with Crippen LogP contribution in [0.2, 0.25) is 0 Å². The molecule has 0 unspecified atom stereocenters. The van der Waals surface area contributed by atoms with Crippen molar-refractivity contribution < 1.29 is 5.11 Å². The van der Waals surface area contributed by atoms with Crippen LogP contribution in [0.25, 0.3) is 38.0 Å². The minimum absolute atomic E-state index is 0.0673. The van der Waals surface area contributed by atoms with Gasteiger partial charge in [-0.1, -0.05) is 54.2 Å². The first kappa shape index (κ1) is 21.9. The number of allylic oxidation sites excluding steroid dienone is 1. The van der Waals surface area contributed by atoms with E-state index in [0.29, 0.717) is 33.3 Å². The van der Waals surface area contributed by atoms with Gasteiger partial charge in [-0.25, -0.2) is 9.97 Å². The van der Waals surface area contributed by atoms with Crippen molar-refractivity contribution in [1.82, 2.24) is 19.5 Å². The molecule has 0 bridgehead atoms. The molecular formula is C25H19N5O2S2. The largest absolute Gasteiger partial charge is 0.510 e. The van der Waals surface area contributed by atoms with Crippen LogP contribution in [0.1, 0.15) is 12.7 Å². The first-order valence-corrected chi connectivity index (χ1v) is 12.4. The molecular weight excluding hydrogens is 466 g/mol. The number of imidazole rings is 1. The SMILES string of the molecule is CCn1c(SCC(O)=C(C#N)c2nc3ccccc3[nH]2)nc2scc(-c3ccccc3)c2c1=O. The van der Waals surface area contributed by atoms with Crippen LogP contribution >= 0.6 is 23.1 Å². The predicted molar refractivity (Wildman–Crippen MR) is 137 cm³/mol. The topological polar surface area (TPSA) is 108 Å². The van der Waals surface area contributed by atoms with Crippen molar-refractivity contribution in [3.63, 3.8) is 0 Å². The zero-order chi connectivity index (χ0) is 23.7. The van der Waals surface area contributed by atoms with Crippen molar-refractivity contribution in [3.05, 3.63) is 81.9 Å². The van der Waals surface area contributed by atoms with Crippen LogP contribution in [0.4, 0.5) is 0 Å². The summed E-state index contributed by atoms with van der Waals surface area (Å²) in [5.41, 5.74) is 3.29. The summed E-state index contributed by atoms with van der Waals surface area (Å²) in [5, 5.41) is 23.4. The fourth-order valence-electron chi connectivity index (χ4n) is 3.76. The first-order chi connectivity index (χ1) is 16.6. The molecule has 9 heteroatoms. The lowest BCUT2D eigenvalue weighted by molar-refractivity contribution is 0.420. The Morgan fingerprint density at radius 1 is 1.18 bits per heavy atom. The van der Waals surface area contributed by atoms with Gasteiger partial charge in [0.1, 0.15) is 22.2 Å². The van der Waals surface area contributed by atoms with E-state index < -0.39 is 0 Å². The molecule has 0 aliphatic carbocycles. The van der Waals surface area contributed by atoms with E-state index in [1.54, 1.807) is 4.57 Å². The Morgan fingerprint density at radius 3 is 2.68 bits per heavy atom. The molecule has 5 aromatic rings. The van der Waals surface area contributed by atoms with Gasteiger partial charge in [-0.2, -0.15) is 5.26 Å². The van der Waals surface area contributed by atoms with E-state index in [1.807, 2.05) is 73.0 Å². The molecule has 34 heavy (non-hydrogen) atoms. The van der Waals surface area contributed by atoms with Gasteiger partial charge >= 0.3 is 0 Å². The van der Waals surface area contributed by atoms with Crippen molar-refractivity contribution in [1.29, 1.82) is 5.26 Å². The number of nitrogens with zero attached hydrogens (tertiary/aromatic N) is 4. The quantitative estimate of drug-likeness (QED) is 0.140. The molecule has 0 saturated heterocycles. The van der Waals surface area contributed by atoms with E-state index in [1.165, 1.54) is 23.1 Å². The Kier molecular flexibility index (Phi) is 5.92. The summed E-state index contributed by atoms with van der Waals surface area (Å²) < 4.78 is 1.60. The smallest absolute Gasteiger partial charge is 0.263 e. The molecule has 0 aliphatic rings. The molecule has 7 nitrogen and oxygen atoms in total. The summed E-state index contributed by atoms with van der Waals surface area (Å²) in [6.07, 6.45) is 0. The summed E-state index contributed by atoms with van der Waals surface area (Å²) in [5.74, 6) is 0.262. The average molecular weight is 486 g/mol. The molecule has 3 aromatic heterocycles. The molecule has 0 amide bonds. The van der Waals surface area contributed by atoms with E-state index in [4.69, 9.17) is 4.98 Å². The van der Waals surface area contributed by atoms with Gasteiger partial charge in [0.2, 0.25) is 0 Å². The highest BCUT2D eigenvalue weighted by atomic mass is 32.2. The van der Waals surface area contributed by atoms with Gasteiger partial charge in [0, 0.05) is 17.5 Å². The van der Waals surface area contributed by atoms with Crippen molar-refractivity contribution in [3.8, 4) is 17.2 Å². The Bertz CT molecular complexity index is 1610. The van der Waals surface area contributed by atoms with E-state index >= 15 is 0 Å². The van der Waals surface area contributed by atoms with Crippen molar-refractivity contribution >= 4 is 49.9 Å². The van der Waals surface area contributed by atoms with Crippen molar-refractivity contribution in [2.75, 3.05) is 5.75 Å². The standard InChI is InChI=1S/C25H19N5O2S2/c1-2-30-24(32)21-17(15-8-4-3-5-9-15)13-33-23(21)29-25(30)34-14-20(31)16(12-26)22-27-18-10-6-7-11-19(18)28-22/h3-11,13,31H,2,14H2,1H3,(H,27,28). The highest BCUT2D eigenvalue weighted by molar-refractivity contribution is 7.99. The number of hydrogen-bond acceptors (Lipinski definition) is 7. The van der Waals surface area contributed by atoms with Crippen LogP contribution in [-0.4, -0.2) is 30.4 Å². The number of fused-ring (bicyclic) bond motifs is 2. The summed E-state index contributed by atoms with van der Waals surface area (Å²) in [4.78, 5) is 26.2. The second-order valence-corrected chi connectivity index (χ2v) is 9.26. The zero-order valence-electron chi connectivity index (χ0n) is 18.1. The fraction of sp³-hybridized carbons (Fsp3) is 0.120. The third-order valence-electron chi connectivity index (χ3n) is 5.42. The molecule has 0 radical (unpaired) electrons. The molecule has 168 valence electrons. The number of nitrogens with one attached hydrogen (secondary N) is 1. The van der Waals surface area contributed by atoms with Gasteiger partial charge in [-0.3, -0.25) is 9.36 Å². The minimum atomic E-state index is -0.125. The van der Waals surface area contributed by atoms with Crippen LogP contribution < -0.4 is 5.56 Å². The number of thiophene rings is 1. The average Bonchev–Trinajstić information content (AvgIpc) is 3.48. The van der Waals surface area contributed by atoms with Crippen LogP contribution in [-0.2, 0) is 6.54 Å². The molecule has 0 aliphatic heterocycles. The van der Waals surface area contributed by atoms with Crippen LogP contribution in [0.15, 0.2) is 75.7 Å². The lowest BCUT2D eigenvalue weighted by Gasteiger charge is -2.10. The Labute approximate surface area is 203 Å². The number of aromatic amines is 1. The van der Waals surface area contributed by atoms with Crippen LogP contribution in [0.5, 0.6) is 0 Å². The number of rotatable bonds is 6. The van der Waals surface area contributed by atoms with Gasteiger partial charge in [0.05, 0.1) is 22.2 Å². The summed E-state index contributed by atoms with van der Waals surface area (Å²) in [6.45, 7) is 2.33. The number of thioether (sulfide) groups is 1. The molecule has 0 saturated carbocycles. The number of H-pyrrole nitrogens is 1. The molecule has 0 atom stereocenters. The Morgan fingerprint density at radius 2 is 1.94 bits per heavy atom. The summed E-state index contributed by atoms with van der Waals surface area (Å²) >= 11 is 2.64. The maximum Gasteiger partial charge on any atom is 0.263 e. The van der Waals surface area contributed by atoms with Gasteiger partial charge in [-0.15, -0.1) is 11.3 Å². The van der Waals surface area contributed by atoms with Crippen molar-refractivity contribution in [2.24, 2.45) is 0 Å². The molecule has 0 fully saturated rings. The summed E-state index contributed by atoms with van der Waals surface area (Å²) in [7, 11) is 0. The molecule has 2 N–H and O–H groups in total. The molecule has 2 aromatic carbocycles. The molecule has 0 spiro atoms. The van der Waals surface area contributed by atoms with Gasteiger partial charge in [0.15, 0.2) is 11.0 Å². The lowest BCUT2D eigenvalue weighted by atomic mass is 10.1. The fourth-order valence-corrected chi connectivity index (χ4v) is 5.68. The van der Waals surface area contributed by atoms with Gasteiger partial charge in [0.25, 0.3) is 5.56 Å². The van der Waals surface area contributed by atoms with E-state index in [-0.39, 0.29) is 22.6 Å². The predicted octanol–water partition coefficient (Wildman–Crippen LogP) is 5.61. The van der Waals surface area contributed by atoms with Gasteiger partial charge < -0.3 is 10.1 Å².